The van der Waals surface area contributed by atoms with Crippen LogP contribution in [-0.2, 0) is 0 Å². The predicted molar refractivity (Wildman–Crippen MR) is 87.2 cm³/mol. The van der Waals surface area contributed by atoms with Crippen molar-refractivity contribution in [3.05, 3.63) is 17.5 Å². The Morgan fingerprint density at radius 3 is 2.86 bits per heavy atom. The lowest BCUT2D eigenvalue weighted by Gasteiger charge is -2.35. The molecule has 1 aromatic heterocycles. The summed E-state index contributed by atoms with van der Waals surface area (Å²) < 4.78 is 0. The first-order valence-electron chi connectivity index (χ1n) is 8.48. The number of nitrogens with zero attached hydrogens (tertiary/aromatic N) is 2. The highest BCUT2D eigenvalue weighted by Gasteiger charge is 2.37. The standard InChI is InChI=1S/C17H26N4O/c1-13-15(11-22)10-19-16(20-13)21-17(7-8-18-12-17)9-14-5-3-2-4-6-14/h10-11,14,18H,2-9,12H2,1H3,(H,19,20,21)/t17-/m0/s1. The number of aldehydes is 1. The van der Waals surface area contributed by atoms with Crippen molar-refractivity contribution < 1.29 is 4.79 Å². The van der Waals surface area contributed by atoms with Crippen molar-refractivity contribution in [2.75, 3.05) is 18.4 Å². The summed E-state index contributed by atoms with van der Waals surface area (Å²) in [4.78, 5) is 19.7. The molecule has 0 spiro atoms. The fourth-order valence-electron chi connectivity index (χ4n) is 3.91. The second kappa shape index (κ2) is 6.73. The molecule has 5 nitrogen and oxygen atoms in total. The summed E-state index contributed by atoms with van der Waals surface area (Å²) in [5.74, 6) is 1.47. The highest BCUT2D eigenvalue weighted by Crippen LogP contribution is 2.34. The zero-order valence-electron chi connectivity index (χ0n) is 13.4. The van der Waals surface area contributed by atoms with Crippen LogP contribution in [0.3, 0.4) is 0 Å². The molecule has 1 aliphatic carbocycles. The number of carbonyl (C=O) groups is 1. The van der Waals surface area contributed by atoms with Crippen LogP contribution < -0.4 is 10.6 Å². The van der Waals surface area contributed by atoms with Crippen LogP contribution in [-0.4, -0.2) is 34.9 Å². The minimum absolute atomic E-state index is 0.0666. The maximum Gasteiger partial charge on any atom is 0.223 e. The molecule has 2 heterocycles. The quantitative estimate of drug-likeness (QED) is 0.819. The lowest BCUT2D eigenvalue weighted by atomic mass is 9.79. The molecular formula is C17H26N4O. The van der Waals surface area contributed by atoms with Crippen molar-refractivity contribution in [2.24, 2.45) is 5.92 Å². The molecule has 1 saturated carbocycles. The van der Waals surface area contributed by atoms with E-state index in [9.17, 15) is 4.79 Å². The van der Waals surface area contributed by atoms with Gasteiger partial charge < -0.3 is 10.6 Å². The van der Waals surface area contributed by atoms with Crippen molar-refractivity contribution in [3.8, 4) is 0 Å². The van der Waals surface area contributed by atoms with Crippen LogP contribution in [0.25, 0.3) is 0 Å². The van der Waals surface area contributed by atoms with Gasteiger partial charge in [-0.25, -0.2) is 9.97 Å². The number of anilines is 1. The third kappa shape index (κ3) is 3.46. The molecule has 2 N–H and O–H groups in total. The van der Waals surface area contributed by atoms with Crippen molar-refractivity contribution in [1.82, 2.24) is 15.3 Å². The summed E-state index contributed by atoms with van der Waals surface area (Å²) in [7, 11) is 0. The van der Waals surface area contributed by atoms with Crippen LogP contribution in [0.1, 0.15) is 61.0 Å². The summed E-state index contributed by atoms with van der Waals surface area (Å²) in [6.07, 6.45) is 11.6. The van der Waals surface area contributed by atoms with E-state index >= 15 is 0 Å². The Bertz CT molecular complexity index is 519. The van der Waals surface area contributed by atoms with Gasteiger partial charge in [-0.2, -0.15) is 0 Å². The average molecular weight is 302 g/mol. The number of aryl methyl sites for hydroxylation is 1. The molecule has 3 rings (SSSR count). The Morgan fingerprint density at radius 1 is 1.41 bits per heavy atom. The molecule has 1 aliphatic heterocycles. The first-order chi connectivity index (χ1) is 10.7. The highest BCUT2D eigenvalue weighted by atomic mass is 16.1. The Kier molecular flexibility index (Phi) is 4.71. The SMILES string of the molecule is Cc1nc(N[C@]2(CC3CCCCC3)CCNC2)ncc1C=O. The average Bonchev–Trinajstić information content (AvgIpc) is 2.96. The van der Waals surface area contributed by atoms with E-state index in [0.29, 0.717) is 11.5 Å². The van der Waals surface area contributed by atoms with Gasteiger partial charge in [-0.05, 0) is 32.2 Å². The fourth-order valence-corrected chi connectivity index (χ4v) is 3.91. The Hall–Kier alpha value is -1.49. The Labute approximate surface area is 132 Å². The maximum absolute atomic E-state index is 10.9. The number of hydrogen-bond acceptors (Lipinski definition) is 5. The molecular weight excluding hydrogens is 276 g/mol. The molecule has 0 amide bonds. The predicted octanol–water partition coefficient (Wildman–Crippen LogP) is 2.71. The lowest BCUT2D eigenvalue weighted by Crippen LogP contribution is -2.43. The molecule has 1 aromatic rings. The smallest absolute Gasteiger partial charge is 0.223 e. The molecule has 2 fully saturated rings. The Morgan fingerprint density at radius 2 is 2.23 bits per heavy atom. The van der Waals surface area contributed by atoms with Crippen LogP contribution in [0.4, 0.5) is 5.95 Å². The van der Waals surface area contributed by atoms with Gasteiger partial charge in [0, 0.05) is 12.7 Å². The van der Waals surface area contributed by atoms with E-state index < -0.39 is 0 Å². The minimum Gasteiger partial charge on any atom is -0.347 e. The van der Waals surface area contributed by atoms with Crippen molar-refractivity contribution in [2.45, 2.75) is 57.4 Å². The van der Waals surface area contributed by atoms with Gasteiger partial charge in [0.25, 0.3) is 0 Å². The molecule has 5 heteroatoms. The summed E-state index contributed by atoms with van der Waals surface area (Å²) >= 11 is 0. The second-order valence-corrected chi connectivity index (χ2v) is 6.89. The minimum atomic E-state index is 0.0666. The van der Waals surface area contributed by atoms with Gasteiger partial charge in [0.15, 0.2) is 6.29 Å². The number of hydrogen-bond donors (Lipinski definition) is 2. The van der Waals surface area contributed by atoms with E-state index in [2.05, 4.69) is 20.6 Å². The summed E-state index contributed by atoms with van der Waals surface area (Å²) in [6, 6.07) is 0. The number of nitrogens with one attached hydrogen (secondary N) is 2. The van der Waals surface area contributed by atoms with Crippen LogP contribution in [0.5, 0.6) is 0 Å². The summed E-state index contributed by atoms with van der Waals surface area (Å²) in [5, 5.41) is 7.08. The van der Waals surface area contributed by atoms with Crippen molar-refractivity contribution in [1.29, 1.82) is 0 Å². The molecule has 1 saturated heterocycles. The van der Waals surface area contributed by atoms with E-state index in [4.69, 9.17) is 0 Å². The van der Waals surface area contributed by atoms with Gasteiger partial charge in [0.2, 0.25) is 5.95 Å². The highest BCUT2D eigenvalue weighted by molar-refractivity contribution is 5.75. The lowest BCUT2D eigenvalue weighted by molar-refractivity contribution is 0.112. The first kappa shape index (κ1) is 15.4. The summed E-state index contributed by atoms with van der Waals surface area (Å²) in [6.45, 7) is 3.88. The topological polar surface area (TPSA) is 66.9 Å². The molecule has 0 bridgehead atoms. The molecule has 22 heavy (non-hydrogen) atoms. The maximum atomic E-state index is 10.9. The van der Waals surface area contributed by atoms with E-state index in [1.807, 2.05) is 6.92 Å². The number of carbonyl (C=O) groups excluding carboxylic acids is 1. The van der Waals surface area contributed by atoms with E-state index in [1.54, 1.807) is 6.20 Å². The van der Waals surface area contributed by atoms with Gasteiger partial charge in [-0.1, -0.05) is 32.1 Å². The molecule has 2 aliphatic rings. The van der Waals surface area contributed by atoms with Crippen molar-refractivity contribution in [3.63, 3.8) is 0 Å². The summed E-state index contributed by atoms with van der Waals surface area (Å²) in [5.41, 5.74) is 1.37. The van der Waals surface area contributed by atoms with Gasteiger partial charge in [0.1, 0.15) is 0 Å². The Balaban J connectivity index is 1.73. The fraction of sp³-hybridized carbons (Fsp3) is 0.706. The molecule has 120 valence electrons. The zero-order valence-corrected chi connectivity index (χ0v) is 13.4. The monoisotopic (exact) mass is 302 g/mol. The normalized spacial score (nSPS) is 26.0. The second-order valence-electron chi connectivity index (χ2n) is 6.89. The number of rotatable bonds is 5. The molecule has 0 radical (unpaired) electrons. The van der Waals surface area contributed by atoms with Gasteiger partial charge in [-0.3, -0.25) is 4.79 Å². The van der Waals surface area contributed by atoms with Crippen LogP contribution in [0.15, 0.2) is 6.20 Å². The number of aromatic nitrogens is 2. The molecule has 0 aromatic carbocycles. The van der Waals surface area contributed by atoms with Crippen LogP contribution >= 0.6 is 0 Å². The van der Waals surface area contributed by atoms with E-state index in [-0.39, 0.29) is 5.54 Å². The molecule has 0 unspecified atom stereocenters. The molecule has 1 atom stereocenters. The van der Waals surface area contributed by atoms with Gasteiger partial charge >= 0.3 is 0 Å². The van der Waals surface area contributed by atoms with E-state index in [1.165, 1.54) is 38.5 Å². The van der Waals surface area contributed by atoms with Gasteiger partial charge in [-0.15, -0.1) is 0 Å². The zero-order chi connectivity index (χ0) is 15.4. The first-order valence-corrected chi connectivity index (χ1v) is 8.48. The third-order valence-corrected chi connectivity index (χ3v) is 5.17. The van der Waals surface area contributed by atoms with Crippen LogP contribution in [0.2, 0.25) is 0 Å². The van der Waals surface area contributed by atoms with Crippen LogP contribution in [0, 0.1) is 12.8 Å². The van der Waals surface area contributed by atoms with E-state index in [0.717, 1.165) is 37.4 Å². The van der Waals surface area contributed by atoms with Crippen molar-refractivity contribution >= 4 is 12.2 Å². The third-order valence-electron chi connectivity index (χ3n) is 5.17. The largest absolute Gasteiger partial charge is 0.347 e. The van der Waals surface area contributed by atoms with Gasteiger partial charge in [0.05, 0.1) is 16.8 Å².